The van der Waals surface area contributed by atoms with Crippen LogP contribution in [0.5, 0.6) is 0 Å². The van der Waals surface area contributed by atoms with E-state index in [1.54, 1.807) is 6.92 Å². The zero-order valence-corrected chi connectivity index (χ0v) is 12.2. The van der Waals surface area contributed by atoms with Gasteiger partial charge in [0, 0.05) is 13.1 Å². The van der Waals surface area contributed by atoms with Crippen LogP contribution in [0.2, 0.25) is 0 Å². The third-order valence-electron chi connectivity index (χ3n) is 3.65. The van der Waals surface area contributed by atoms with Gasteiger partial charge in [0.1, 0.15) is 10.7 Å². The number of hydrogen-bond donors (Lipinski definition) is 2. The highest BCUT2D eigenvalue weighted by Gasteiger charge is 2.32. The fourth-order valence-corrected chi connectivity index (χ4v) is 3.97. The average molecular weight is 302 g/mol. The summed E-state index contributed by atoms with van der Waals surface area (Å²) in [6, 6.07) is 3.75. The van der Waals surface area contributed by atoms with Crippen molar-refractivity contribution in [3.63, 3.8) is 0 Å². The van der Waals surface area contributed by atoms with Gasteiger partial charge in [0.05, 0.1) is 11.3 Å². The highest BCUT2D eigenvalue weighted by Crippen LogP contribution is 2.28. The molecule has 3 N–H and O–H groups in total. The molecule has 0 radical (unpaired) electrons. The number of nitrogens with two attached hydrogens (primary N) is 1. The number of anilines is 1. The molecule has 1 unspecified atom stereocenters. The van der Waals surface area contributed by atoms with Crippen LogP contribution in [-0.2, 0) is 10.0 Å². The molecular weight excluding hydrogens is 283 g/mol. The molecule has 0 saturated carbocycles. The predicted molar refractivity (Wildman–Crippen MR) is 74.0 cm³/mol. The summed E-state index contributed by atoms with van der Waals surface area (Å²) >= 11 is 0. The Hall–Kier alpha value is -1.18. The molecule has 20 heavy (non-hydrogen) atoms. The van der Waals surface area contributed by atoms with Crippen molar-refractivity contribution in [2.75, 3.05) is 18.8 Å². The lowest BCUT2D eigenvalue weighted by molar-refractivity contribution is 0.0465. The first-order valence-electron chi connectivity index (χ1n) is 6.50. The predicted octanol–water partition coefficient (Wildman–Crippen LogP) is 1.33. The van der Waals surface area contributed by atoms with Gasteiger partial charge >= 0.3 is 0 Å². The Morgan fingerprint density at radius 2 is 2.05 bits per heavy atom. The summed E-state index contributed by atoms with van der Waals surface area (Å²) in [6.45, 7) is 2.19. The molecule has 0 aliphatic carbocycles. The molecule has 1 heterocycles. The zero-order valence-electron chi connectivity index (χ0n) is 11.3. The Morgan fingerprint density at radius 3 is 2.75 bits per heavy atom. The summed E-state index contributed by atoms with van der Waals surface area (Å²) in [5.74, 6) is -0.743. The van der Waals surface area contributed by atoms with Gasteiger partial charge in [-0.2, -0.15) is 4.31 Å². The normalized spacial score (nSPS) is 25.4. The lowest BCUT2D eigenvalue weighted by Crippen LogP contribution is -2.34. The molecule has 112 valence electrons. The van der Waals surface area contributed by atoms with Crippen LogP contribution in [0.4, 0.5) is 10.1 Å². The maximum Gasteiger partial charge on any atom is 0.245 e. The minimum Gasteiger partial charge on any atom is -0.395 e. The van der Waals surface area contributed by atoms with Gasteiger partial charge < -0.3 is 10.8 Å². The van der Waals surface area contributed by atoms with E-state index in [-0.39, 0.29) is 17.1 Å². The topological polar surface area (TPSA) is 83.6 Å². The minimum absolute atomic E-state index is 0.200. The molecule has 0 bridgehead atoms. The van der Waals surface area contributed by atoms with Gasteiger partial charge in [-0.25, -0.2) is 12.8 Å². The van der Waals surface area contributed by atoms with Crippen LogP contribution in [0.15, 0.2) is 23.1 Å². The number of nitrogen functional groups attached to an aromatic ring is 1. The highest BCUT2D eigenvalue weighted by atomic mass is 32.2. The Labute approximate surface area is 118 Å². The van der Waals surface area contributed by atoms with E-state index >= 15 is 0 Å². The van der Waals surface area contributed by atoms with Gasteiger partial charge in [0.2, 0.25) is 10.0 Å². The molecule has 1 fully saturated rings. The SMILES string of the molecule is CC1(O)CCCN(S(=O)(=O)c2cccc(F)c2N)CC1. The van der Waals surface area contributed by atoms with E-state index in [1.165, 1.54) is 16.4 Å². The van der Waals surface area contributed by atoms with E-state index in [2.05, 4.69) is 0 Å². The molecule has 1 aromatic carbocycles. The van der Waals surface area contributed by atoms with Gasteiger partial charge in [0.15, 0.2) is 0 Å². The standard InChI is InChI=1S/C13H19FN2O3S/c1-13(17)6-3-8-16(9-7-13)20(18,19)11-5-2-4-10(14)12(11)15/h2,4-5,17H,3,6-9,15H2,1H3. The van der Waals surface area contributed by atoms with Crippen LogP contribution >= 0.6 is 0 Å². The molecule has 1 aromatic rings. The summed E-state index contributed by atoms with van der Waals surface area (Å²) in [4.78, 5) is -0.209. The molecular formula is C13H19FN2O3S. The molecule has 5 nitrogen and oxygen atoms in total. The maximum absolute atomic E-state index is 13.4. The molecule has 0 spiro atoms. The fourth-order valence-electron chi connectivity index (χ4n) is 2.36. The molecule has 1 aliphatic rings. The number of hydrogen-bond acceptors (Lipinski definition) is 4. The number of rotatable bonds is 2. The second-order valence-electron chi connectivity index (χ2n) is 5.41. The summed E-state index contributed by atoms with van der Waals surface area (Å²) in [7, 11) is -3.83. The largest absolute Gasteiger partial charge is 0.395 e. The maximum atomic E-state index is 13.4. The van der Waals surface area contributed by atoms with Gasteiger partial charge in [-0.15, -0.1) is 0 Å². The molecule has 2 rings (SSSR count). The summed E-state index contributed by atoms with van der Waals surface area (Å²) in [5, 5.41) is 10.0. The monoisotopic (exact) mass is 302 g/mol. The van der Waals surface area contributed by atoms with Crippen molar-refractivity contribution < 1.29 is 17.9 Å². The van der Waals surface area contributed by atoms with Crippen molar-refractivity contribution in [1.29, 1.82) is 0 Å². The van der Waals surface area contributed by atoms with Crippen molar-refractivity contribution in [2.24, 2.45) is 0 Å². The summed E-state index contributed by atoms with van der Waals surface area (Å²) < 4.78 is 39.7. The quantitative estimate of drug-likeness (QED) is 0.807. The van der Waals surface area contributed by atoms with E-state index < -0.39 is 21.4 Å². The van der Waals surface area contributed by atoms with E-state index in [1.807, 2.05) is 0 Å². The van der Waals surface area contributed by atoms with Crippen LogP contribution in [0.3, 0.4) is 0 Å². The van der Waals surface area contributed by atoms with Crippen molar-refractivity contribution in [3.05, 3.63) is 24.0 Å². The number of para-hydroxylation sites is 1. The first kappa shape index (κ1) is 15.2. The number of halogens is 1. The number of nitrogens with zero attached hydrogens (tertiary/aromatic N) is 1. The Kier molecular flexibility index (Phi) is 4.04. The number of benzene rings is 1. The second-order valence-corrected chi connectivity index (χ2v) is 7.31. The van der Waals surface area contributed by atoms with E-state index in [0.29, 0.717) is 25.8 Å². The van der Waals surface area contributed by atoms with Gasteiger partial charge in [-0.05, 0) is 38.3 Å². The van der Waals surface area contributed by atoms with Crippen molar-refractivity contribution in [1.82, 2.24) is 4.31 Å². The van der Waals surface area contributed by atoms with Crippen LogP contribution in [0, 0.1) is 5.82 Å². The lowest BCUT2D eigenvalue weighted by Gasteiger charge is -2.22. The molecule has 1 aliphatic heterocycles. The van der Waals surface area contributed by atoms with Crippen LogP contribution in [-0.4, -0.2) is 36.5 Å². The molecule has 0 aromatic heterocycles. The smallest absolute Gasteiger partial charge is 0.245 e. The third-order valence-corrected chi connectivity index (χ3v) is 5.61. The first-order chi connectivity index (χ1) is 9.24. The summed E-state index contributed by atoms with van der Waals surface area (Å²) in [6.07, 6.45) is 1.44. The Bertz CT molecular complexity index is 602. The average Bonchev–Trinajstić information content (AvgIpc) is 2.54. The number of sulfonamides is 1. The minimum atomic E-state index is -3.83. The van der Waals surface area contributed by atoms with Crippen molar-refractivity contribution in [3.8, 4) is 0 Å². The zero-order chi connectivity index (χ0) is 15.0. The fraction of sp³-hybridized carbons (Fsp3) is 0.538. The van der Waals surface area contributed by atoms with Gasteiger partial charge in [-0.1, -0.05) is 6.07 Å². The van der Waals surface area contributed by atoms with Crippen LogP contribution in [0.25, 0.3) is 0 Å². The van der Waals surface area contributed by atoms with Crippen molar-refractivity contribution in [2.45, 2.75) is 36.7 Å². The Morgan fingerprint density at radius 1 is 1.35 bits per heavy atom. The van der Waals surface area contributed by atoms with E-state index in [9.17, 15) is 17.9 Å². The van der Waals surface area contributed by atoms with E-state index in [4.69, 9.17) is 5.73 Å². The first-order valence-corrected chi connectivity index (χ1v) is 7.94. The Balaban J connectivity index is 2.33. The summed E-state index contributed by atoms with van der Waals surface area (Å²) in [5.41, 5.74) is 4.32. The second kappa shape index (κ2) is 5.31. The van der Waals surface area contributed by atoms with Crippen LogP contribution in [0.1, 0.15) is 26.2 Å². The van der Waals surface area contributed by atoms with E-state index in [0.717, 1.165) is 6.07 Å². The van der Waals surface area contributed by atoms with Gasteiger partial charge in [0.25, 0.3) is 0 Å². The molecule has 1 atom stereocenters. The molecule has 0 amide bonds. The van der Waals surface area contributed by atoms with Crippen molar-refractivity contribution >= 4 is 15.7 Å². The van der Waals surface area contributed by atoms with Gasteiger partial charge in [-0.3, -0.25) is 0 Å². The third kappa shape index (κ3) is 2.94. The highest BCUT2D eigenvalue weighted by molar-refractivity contribution is 7.89. The molecule has 7 heteroatoms. The lowest BCUT2D eigenvalue weighted by atomic mass is 9.98. The number of aliphatic hydroxyl groups is 1. The molecule has 1 saturated heterocycles. The van der Waals surface area contributed by atoms with Crippen LogP contribution < -0.4 is 5.73 Å².